The molecule has 27 heavy (non-hydrogen) atoms. The van der Waals surface area contributed by atoms with Gasteiger partial charge in [0.05, 0.1) is 0 Å². The van der Waals surface area contributed by atoms with E-state index < -0.39 is 0 Å². The van der Waals surface area contributed by atoms with Crippen molar-refractivity contribution in [2.24, 2.45) is 5.41 Å². The van der Waals surface area contributed by atoms with Crippen LogP contribution in [0.5, 0.6) is 0 Å². The highest BCUT2D eigenvalue weighted by atomic mass is 16.3. The van der Waals surface area contributed by atoms with Crippen LogP contribution >= 0.6 is 0 Å². The number of hydrogen-bond donors (Lipinski definition) is 1. The summed E-state index contributed by atoms with van der Waals surface area (Å²) in [5.74, 6) is 0. The lowest BCUT2D eigenvalue weighted by atomic mass is 9.80. The molecule has 0 radical (unpaired) electrons. The van der Waals surface area contributed by atoms with Gasteiger partial charge < -0.3 is 5.11 Å². The van der Waals surface area contributed by atoms with E-state index in [0.29, 0.717) is 0 Å². The van der Waals surface area contributed by atoms with Gasteiger partial charge in [-0.2, -0.15) is 0 Å². The summed E-state index contributed by atoms with van der Waals surface area (Å²) in [6.45, 7) is 6.77. The zero-order valence-electron chi connectivity index (χ0n) is 17.9. The first-order chi connectivity index (χ1) is 13.2. The van der Waals surface area contributed by atoms with Crippen LogP contribution in [0.4, 0.5) is 0 Å². The largest absolute Gasteiger partial charge is 0.396 e. The van der Waals surface area contributed by atoms with Gasteiger partial charge in [0.2, 0.25) is 0 Å². The minimum absolute atomic E-state index is 0.0817. The molecule has 0 saturated heterocycles. The highest BCUT2D eigenvalue weighted by Gasteiger charge is 2.22. The number of rotatable bonds is 16. The van der Waals surface area contributed by atoms with Gasteiger partial charge in [-0.15, -0.1) is 0 Å². The third-order valence-electron chi connectivity index (χ3n) is 4.98. The molecule has 0 aromatic heterocycles. The molecule has 0 aromatic rings. The summed E-state index contributed by atoms with van der Waals surface area (Å²) < 4.78 is 0. The third kappa shape index (κ3) is 15.2. The third-order valence-corrected chi connectivity index (χ3v) is 4.98. The van der Waals surface area contributed by atoms with Crippen molar-refractivity contribution in [3.63, 3.8) is 0 Å². The van der Waals surface area contributed by atoms with Gasteiger partial charge in [-0.3, -0.25) is 0 Å². The first kappa shape index (κ1) is 25.4. The summed E-state index contributed by atoms with van der Waals surface area (Å²) in [4.78, 5) is 0. The average Bonchev–Trinajstić information content (AvgIpc) is 2.70. The van der Waals surface area contributed by atoms with Crippen LogP contribution in [0.3, 0.4) is 0 Å². The Balaban J connectivity index is 3.75. The van der Waals surface area contributed by atoms with Gasteiger partial charge in [0, 0.05) is 6.61 Å². The van der Waals surface area contributed by atoms with Gasteiger partial charge in [0.1, 0.15) is 0 Å². The molecule has 0 aliphatic carbocycles. The fraction of sp³-hybridized carbons (Fsp3) is 0.538. The van der Waals surface area contributed by atoms with E-state index in [4.69, 9.17) is 0 Å². The lowest BCUT2D eigenvalue weighted by molar-refractivity contribution is 0.118. The second-order valence-corrected chi connectivity index (χ2v) is 6.98. The number of aliphatic hydroxyl groups excluding tert-OH is 1. The first-order valence-corrected chi connectivity index (χ1v) is 10.8. The van der Waals surface area contributed by atoms with Gasteiger partial charge in [-0.05, 0) is 63.2 Å². The van der Waals surface area contributed by atoms with Crippen LogP contribution in [0.15, 0.2) is 72.9 Å². The summed E-state index contributed by atoms with van der Waals surface area (Å²) in [5.41, 5.74) is 0.0817. The lowest BCUT2D eigenvalue weighted by Crippen LogP contribution is -2.22. The average molecular weight is 371 g/mol. The maximum Gasteiger partial charge on any atom is 0.0490 e. The monoisotopic (exact) mass is 370 g/mol. The fourth-order valence-electron chi connectivity index (χ4n) is 2.68. The van der Waals surface area contributed by atoms with Gasteiger partial charge >= 0.3 is 0 Å². The molecule has 152 valence electrons. The minimum atomic E-state index is 0.0817. The van der Waals surface area contributed by atoms with Crippen LogP contribution < -0.4 is 0 Å². The molecule has 0 aliphatic rings. The molecule has 1 heteroatoms. The van der Waals surface area contributed by atoms with Gasteiger partial charge in [0.25, 0.3) is 0 Å². The van der Waals surface area contributed by atoms with Crippen molar-refractivity contribution in [2.75, 3.05) is 6.61 Å². The molecule has 0 unspecified atom stereocenters. The summed E-state index contributed by atoms with van der Waals surface area (Å²) in [6.07, 6.45) is 35.8. The molecule has 0 heterocycles. The van der Waals surface area contributed by atoms with Crippen LogP contribution in [0.2, 0.25) is 0 Å². The van der Waals surface area contributed by atoms with Crippen LogP contribution in [0.25, 0.3) is 0 Å². The predicted molar refractivity (Wildman–Crippen MR) is 123 cm³/mol. The maximum atomic E-state index is 9.55. The van der Waals surface area contributed by atoms with Crippen LogP contribution in [0, 0.1) is 5.41 Å². The van der Waals surface area contributed by atoms with E-state index in [1.165, 1.54) is 0 Å². The Morgan fingerprint density at radius 2 is 0.852 bits per heavy atom. The molecule has 0 atom stereocenters. The zero-order chi connectivity index (χ0) is 20.1. The molecular weight excluding hydrogens is 328 g/mol. The molecule has 0 aromatic carbocycles. The molecule has 0 amide bonds. The smallest absolute Gasteiger partial charge is 0.0490 e. The number of hydrogen-bond acceptors (Lipinski definition) is 1. The van der Waals surface area contributed by atoms with Crippen molar-refractivity contribution >= 4 is 0 Å². The summed E-state index contributed by atoms with van der Waals surface area (Å²) in [7, 11) is 0. The normalized spacial score (nSPS) is 13.8. The second-order valence-electron chi connectivity index (χ2n) is 6.98. The summed E-state index contributed by atoms with van der Waals surface area (Å²) in [6, 6.07) is 0. The first-order valence-electron chi connectivity index (χ1n) is 10.8. The second kappa shape index (κ2) is 19.2. The Labute approximate surface area is 169 Å². The summed E-state index contributed by atoms with van der Waals surface area (Å²) >= 11 is 0. The van der Waals surface area contributed by atoms with Crippen molar-refractivity contribution in [3.05, 3.63) is 72.9 Å². The van der Waals surface area contributed by atoms with E-state index in [-0.39, 0.29) is 12.0 Å². The molecule has 0 rings (SSSR count). The van der Waals surface area contributed by atoms with Crippen molar-refractivity contribution in [1.29, 1.82) is 0 Å². The highest BCUT2D eigenvalue weighted by molar-refractivity contribution is 5.02. The summed E-state index contributed by atoms with van der Waals surface area (Å²) in [5, 5.41) is 9.55. The molecule has 0 spiro atoms. The lowest BCUT2D eigenvalue weighted by Gasteiger charge is -2.27. The SMILES string of the molecule is CC/C=C\C/C=C\C/C=C\C/C=C\C/C=C\C/C=C\CC(CC)(CC)CO. The van der Waals surface area contributed by atoms with Crippen molar-refractivity contribution in [1.82, 2.24) is 0 Å². The molecule has 0 aliphatic heterocycles. The van der Waals surface area contributed by atoms with Crippen LogP contribution in [-0.2, 0) is 0 Å². The predicted octanol–water partition coefficient (Wildman–Crippen LogP) is 7.87. The Morgan fingerprint density at radius 1 is 0.519 bits per heavy atom. The van der Waals surface area contributed by atoms with E-state index in [0.717, 1.165) is 57.8 Å². The standard InChI is InChI=1S/C26H42O/c1-4-7-8-9-10-11-12-13-14-15-16-17-18-19-20-21-22-23-24-26(5-2,6-3)25-27/h7-8,10-11,13-14,16-17,19-20,22-23,27H,4-6,9,12,15,18,21,24-25H2,1-3H3/b8-7-,11-10-,14-13-,17-16-,20-19-,23-22-. The minimum Gasteiger partial charge on any atom is -0.396 e. The Bertz CT molecular complexity index is 476. The number of aliphatic hydroxyl groups is 1. The van der Waals surface area contributed by atoms with Crippen molar-refractivity contribution < 1.29 is 5.11 Å². The van der Waals surface area contributed by atoms with Crippen LogP contribution in [-0.4, -0.2) is 11.7 Å². The van der Waals surface area contributed by atoms with E-state index in [9.17, 15) is 5.11 Å². The molecule has 0 fully saturated rings. The van der Waals surface area contributed by atoms with Crippen LogP contribution in [0.1, 0.15) is 78.6 Å². The van der Waals surface area contributed by atoms with Gasteiger partial charge in [-0.25, -0.2) is 0 Å². The maximum absolute atomic E-state index is 9.55. The zero-order valence-corrected chi connectivity index (χ0v) is 17.9. The molecular formula is C26H42O. The Morgan fingerprint density at radius 3 is 1.15 bits per heavy atom. The molecule has 0 bridgehead atoms. The fourth-order valence-corrected chi connectivity index (χ4v) is 2.68. The topological polar surface area (TPSA) is 20.2 Å². The number of allylic oxidation sites excluding steroid dienone is 12. The van der Waals surface area contributed by atoms with E-state index >= 15 is 0 Å². The molecule has 1 nitrogen and oxygen atoms in total. The van der Waals surface area contributed by atoms with E-state index in [1.807, 2.05) is 0 Å². The molecule has 1 N–H and O–H groups in total. The van der Waals surface area contributed by atoms with E-state index in [1.54, 1.807) is 0 Å². The van der Waals surface area contributed by atoms with Crippen molar-refractivity contribution in [2.45, 2.75) is 78.6 Å². The van der Waals surface area contributed by atoms with Gasteiger partial charge in [-0.1, -0.05) is 93.7 Å². The highest BCUT2D eigenvalue weighted by Crippen LogP contribution is 2.30. The van der Waals surface area contributed by atoms with E-state index in [2.05, 4.69) is 93.7 Å². The Kier molecular flexibility index (Phi) is 18.0. The quantitative estimate of drug-likeness (QED) is 0.274. The van der Waals surface area contributed by atoms with Gasteiger partial charge in [0.15, 0.2) is 0 Å². The van der Waals surface area contributed by atoms with Crippen molar-refractivity contribution in [3.8, 4) is 0 Å². The Hall–Kier alpha value is -1.60. The molecule has 0 saturated carbocycles.